The Morgan fingerprint density at radius 1 is 0.575 bits per heavy atom. The lowest BCUT2D eigenvalue weighted by Gasteiger charge is -2.45. The van der Waals surface area contributed by atoms with Crippen LogP contribution in [0.3, 0.4) is 0 Å². The topological polar surface area (TPSA) is 158 Å². The second-order valence-corrected chi connectivity index (χ2v) is 23.0. The molecule has 1 aliphatic heterocycles. The van der Waals surface area contributed by atoms with Crippen molar-refractivity contribution in [1.82, 2.24) is 5.32 Å². The number of halogens is 1. The minimum Gasteiger partial charge on any atom is -0.459 e. The number of amides is 1. The van der Waals surface area contributed by atoms with Crippen LogP contribution in [-0.2, 0) is 37.7 Å². The molecule has 1 aliphatic rings. The van der Waals surface area contributed by atoms with Gasteiger partial charge in [-0.05, 0) is 49.9 Å². The molecule has 416 valence electrons. The number of hydrogen-bond donors (Lipinski definition) is 3. The average molecular weight is 1040 g/mol. The van der Waals surface area contributed by atoms with Crippen molar-refractivity contribution in [3.63, 3.8) is 0 Å². The van der Waals surface area contributed by atoms with Crippen molar-refractivity contribution >= 4 is 35.8 Å². The zero-order chi connectivity index (χ0) is 52.8. The first kappa shape index (κ1) is 64.1. The highest BCUT2D eigenvalue weighted by atomic mass is 31.2. The minimum absolute atomic E-state index is 0.0122. The van der Waals surface area contributed by atoms with Crippen LogP contribution in [0.15, 0.2) is 60.7 Å². The lowest BCUT2D eigenvalue weighted by Crippen LogP contribution is -2.66. The van der Waals surface area contributed by atoms with E-state index >= 15 is 8.96 Å². The predicted molar refractivity (Wildman–Crippen MR) is 293 cm³/mol. The van der Waals surface area contributed by atoms with Gasteiger partial charge in [-0.15, -0.1) is 0 Å². The first-order valence-electron chi connectivity index (χ1n) is 29.3. The Hall–Kier alpha value is -3.15. The molecule has 1 heterocycles. The number of nitrogens with one attached hydrogen (secondary N) is 1. The van der Waals surface area contributed by atoms with E-state index in [0.29, 0.717) is 29.9 Å². The van der Waals surface area contributed by atoms with Crippen molar-refractivity contribution in [2.24, 2.45) is 0 Å². The first-order chi connectivity index (χ1) is 35.6. The number of carbonyl (C=O) groups is 3. The van der Waals surface area contributed by atoms with Gasteiger partial charge in [-0.2, -0.15) is 0 Å². The number of alkyl halides is 1. The molecule has 2 aromatic carbocycles. The fraction of sp³-hybridized carbons (Fsp3) is 0.750. The maximum atomic E-state index is 16.8. The molecule has 3 rings (SSSR count). The summed E-state index contributed by atoms with van der Waals surface area (Å²) in [6.45, 7) is 5.89. The maximum Gasteiger partial charge on any atom is 0.306 e. The smallest absolute Gasteiger partial charge is 0.306 e. The number of ether oxygens (including phenoxy) is 3. The molecule has 0 spiro atoms. The normalized spacial score (nSPS) is 18.8. The van der Waals surface area contributed by atoms with E-state index in [1.807, 2.05) is 0 Å². The molecule has 0 bridgehead atoms. The Morgan fingerprint density at radius 2 is 0.959 bits per heavy atom. The molecule has 0 aromatic heterocycles. The van der Waals surface area contributed by atoms with Crippen molar-refractivity contribution in [2.45, 2.75) is 282 Å². The minimum atomic E-state index is -4.06. The van der Waals surface area contributed by atoms with E-state index in [-0.39, 0.29) is 19.3 Å². The highest BCUT2D eigenvalue weighted by Crippen LogP contribution is 2.48. The summed E-state index contributed by atoms with van der Waals surface area (Å²) >= 11 is 0. The number of rotatable bonds is 44. The summed E-state index contributed by atoms with van der Waals surface area (Å²) < 4.78 is 56.5. The number of benzene rings is 2. The molecule has 1 unspecified atom stereocenters. The summed E-state index contributed by atoms with van der Waals surface area (Å²) in [4.78, 5) is 41.3. The fourth-order valence-electron chi connectivity index (χ4n) is 9.82. The van der Waals surface area contributed by atoms with Crippen LogP contribution in [0.2, 0.25) is 0 Å². The lowest BCUT2D eigenvalue weighted by molar-refractivity contribution is -0.253. The van der Waals surface area contributed by atoms with E-state index in [1.54, 1.807) is 60.7 Å². The molecule has 73 heavy (non-hydrogen) atoms. The van der Waals surface area contributed by atoms with E-state index in [4.69, 9.17) is 18.7 Å². The monoisotopic (exact) mass is 1040 g/mol. The molecule has 2 aromatic rings. The van der Waals surface area contributed by atoms with Crippen LogP contribution >= 0.6 is 7.37 Å². The van der Waals surface area contributed by atoms with Crippen LogP contribution in [0.4, 0.5) is 4.39 Å². The van der Waals surface area contributed by atoms with Gasteiger partial charge in [0.25, 0.3) is 13.3 Å². The summed E-state index contributed by atoms with van der Waals surface area (Å²) in [5.41, 5.74) is 0. The van der Waals surface area contributed by atoms with Crippen molar-refractivity contribution in [3.8, 4) is 0 Å². The van der Waals surface area contributed by atoms with Gasteiger partial charge in [0.05, 0.1) is 6.61 Å². The van der Waals surface area contributed by atoms with Crippen molar-refractivity contribution < 1.29 is 52.3 Å². The van der Waals surface area contributed by atoms with Gasteiger partial charge in [-0.25, -0.2) is 4.39 Å². The van der Waals surface area contributed by atoms with Gasteiger partial charge in [0, 0.05) is 23.5 Å². The average Bonchev–Trinajstić information content (AvgIpc) is 3.40. The van der Waals surface area contributed by atoms with Crippen molar-refractivity contribution in [3.05, 3.63) is 60.7 Å². The van der Waals surface area contributed by atoms with Gasteiger partial charge in [0.2, 0.25) is 6.17 Å². The molecule has 0 saturated carbocycles. The number of aliphatic hydroxyl groups excluding tert-OH is 2. The SMILES string of the molecule is CCCCCCCCCCCCCC(=O)O[C@H]1[C@H](OP(=O)(c2ccccc2)c2ccccc2)[C@@H](CO)OC(O)[C@@H]1NC(=O)[C@@H](F)[C@@H](CCCCCCCCCCC)OC(=O)CCCCCCCCCCCCC. The van der Waals surface area contributed by atoms with Crippen LogP contribution in [0.5, 0.6) is 0 Å². The van der Waals surface area contributed by atoms with E-state index in [1.165, 1.54) is 109 Å². The van der Waals surface area contributed by atoms with Crippen LogP contribution in [-0.4, -0.2) is 77.6 Å². The van der Waals surface area contributed by atoms with Crippen molar-refractivity contribution in [2.75, 3.05) is 6.61 Å². The Morgan fingerprint density at radius 3 is 1.37 bits per heavy atom. The van der Waals surface area contributed by atoms with E-state index in [2.05, 4.69) is 26.1 Å². The van der Waals surface area contributed by atoms with Gasteiger partial charge in [0.15, 0.2) is 12.4 Å². The summed E-state index contributed by atoms with van der Waals surface area (Å²) in [7, 11) is -4.06. The standard InChI is InChI=1S/C60H99FNO10P/c1-4-7-10-13-16-19-21-24-27-30-39-46-53(64)69-51(45-38-29-26-23-18-15-12-9-6-3)55(61)59(66)62-56-58(71-54(65)47-40-31-28-25-22-20-17-14-11-8-5-2)57(52(48-63)70-60(56)67)72-73(68,49-41-34-32-35-42-49)50-43-36-33-37-44-50/h32-37,41-44,51-52,55-58,60,63,67H,4-31,38-40,45-48H2,1-3H3,(H,62,66)/t51-,52-,55+,56-,57-,58-,60?/m1/s1. The number of unbranched alkanes of at least 4 members (excludes halogenated alkanes) is 28. The molecule has 13 heteroatoms. The molecular weight excluding hydrogens is 945 g/mol. The summed E-state index contributed by atoms with van der Waals surface area (Å²) in [5.74, 6) is -2.43. The Labute approximate surface area is 441 Å². The van der Waals surface area contributed by atoms with Crippen LogP contribution in [0.25, 0.3) is 0 Å². The number of aliphatic hydroxyl groups is 2. The van der Waals surface area contributed by atoms with E-state index in [9.17, 15) is 24.6 Å². The van der Waals surface area contributed by atoms with Gasteiger partial charge >= 0.3 is 11.9 Å². The third-order valence-corrected chi connectivity index (χ3v) is 16.8. The molecule has 1 saturated heterocycles. The Bertz CT molecular complexity index is 1710. The Balaban J connectivity index is 1.80. The molecule has 1 fully saturated rings. The summed E-state index contributed by atoms with van der Waals surface area (Å²) in [6, 6.07) is 15.3. The second-order valence-electron chi connectivity index (χ2n) is 20.6. The van der Waals surface area contributed by atoms with Gasteiger partial charge in [-0.1, -0.05) is 237 Å². The molecule has 0 aliphatic carbocycles. The lowest BCUT2D eigenvalue weighted by atomic mass is 9.96. The number of esters is 2. The first-order valence-corrected chi connectivity index (χ1v) is 30.9. The maximum absolute atomic E-state index is 16.8. The van der Waals surface area contributed by atoms with Crippen LogP contribution in [0, 0.1) is 0 Å². The van der Waals surface area contributed by atoms with Crippen LogP contribution < -0.4 is 15.9 Å². The zero-order valence-corrected chi connectivity index (χ0v) is 46.4. The number of carbonyl (C=O) groups excluding carboxylic acids is 3. The molecular formula is C60H99FNO10P. The number of hydrogen-bond acceptors (Lipinski definition) is 10. The predicted octanol–water partition coefficient (Wildman–Crippen LogP) is 14.0. The summed E-state index contributed by atoms with van der Waals surface area (Å²) in [5, 5.41) is 25.4. The molecule has 3 N–H and O–H groups in total. The third-order valence-electron chi connectivity index (χ3n) is 14.3. The molecule has 11 nitrogen and oxygen atoms in total. The fourth-order valence-corrected chi connectivity index (χ4v) is 12.1. The Kier molecular flexibility index (Phi) is 35.3. The third kappa shape index (κ3) is 26.0. The molecule has 0 radical (unpaired) electrons. The van der Waals surface area contributed by atoms with Gasteiger partial charge in [-0.3, -0.25) is 18.9 Å². The van der Waals surface area contributed by atoms with Crippen LogP contribution in [0.1, 0.15) is 239 Å². The quantitative estimate of drug-likeness (QED) is 0.0331. The van der Waals surface area contributed by atoms with Crippen molar-refractivity contribution in [1.29, 1.82) is 0 Å². The second kappa shape index (κ2) is 40.2. The highest BCUT2D eigenvalue weighted by Gasteiger charge is 2.52. The summed E-state index contributed by atoms with van der Waals surface area (Å²) in [6.07, 6.45) is 23.5. The molecule has 1 amide bonds. The van der Waals surface area contributed by atoms with E-state index < -0.39 is 74.7 Å². The highest BCUT2D eigenvalue weighted by molar-refractivity contribution is 7.74. The van der Waals surface area contributed by atoms with Gasteiger partial charge in [0.1, 0.15) is 24.4 Å². The largest absolute Gasteiger partial charge is 0.459 e. The van der Waals surface area contributed by atoms with Gasteiger partial charge < -0.3 is 34.3 Å². The van der Waals surface area contributed by atoms with E-state index in [0.717, 1.165) is 70.6 Å². The molecule has 7 atom stereocenters. The zero-order valence-electron chi connectivity index (χ0n) is 45.5.